The average molecular weight is 367 g/mol. The second kappa shape index (κ2) is 6.69. The van der Waals surface area contributed by atoms with E-state index < -0.39 is 46.6 Å². The maximum absolute atomic E-state index is 12.4. The summed E-state index contributed by atoms with van der Waals surface area (Å²) in [6, 6.07) is 0. The van der Waals surface area contributed by atoms with Crippen molar-refractivity contribution in [3.8, 4) is 0 Å². The highest BCUT2D eigenvalue weighted by Gasteiger charge is 2.54. The SMILES string of the molecule is Cc1cn([C@H]2C[C@@](O)(N=[N+]=[N-])[C@@H](C(O)C(=O)C(C)(C)C)O2)c(=O)[nH]c1=O. The first-order valence-corrected chi connectivity index (χ1v) is 7.89. The summed E-state index contributed by atoms with van der Waals surface area (Å²) in [7, 11) is 0. The molecule has 1 aliphatic heterocycles. The monoisotopic (exact) mass is 367 g/mol. The number of aromatic amines is 1. The minimum Gasteiger partial charge on any atom is -0.382 e. The van der Waals surface area contributed by atoms with Crippen molar-refractivity contribution in [2.45, 2.75) is 58.3 Å². The van der Waals surface area contributed by atoms with Crippen LogP contribution in [0.25, 0.3) is 10.4 Å². The van der Waals surface area contributed by atoms with E-state index in [4.69, 9.17) is 10.3 Å². The van der Waals surface area contributed by atoms with Gasteiger partial charge in [0.25, 0.3) is 5.56 Å². The van der Waals surface area contributed by atoms with Crippen LogP contribution in [0.1, 0.15) is 39.0 Å². The van der Waals surface area contributed by atoms with Crippen LogP contribution in [-0.2, 0) is 9.53 Å². The van der Waals surface area contributed by atoms with Crippen LogP contribution >= 0.6 is 0 Å². The molecule has 0 amide bonds. The summed E-state index contributed by atoms with van der Waals surface area (Å²) >= 11 is 0. The Bertz CT molecular complexity index is 878. The molecule has 1 saturated heterocycles. The number of hydrogen-bond donors (Lipinski definition) is 3. The van der Waals surface area contributed by atoms with Gasteiger partial charge in [0.05, 0.1) is 0 Å². The fourth-order valence-electron chi connectivity index (χ4n) is 2.75. The number of hydrogen-bond acceptors (Lipinski definition) is 7. The topological polar surface area (TPSA) is 170 Å². The van der Waals surface area contributed by atoms with Gasteiger partial charge in [0.15, 0.2) is 11.5 Å². The first-order valence-electron chi connectivity index (χ1n) is 7.89. The standard InChI is InChI=1S/C15H21N5O6/c1-7-6-20(13(24)17-12(7)23)8-5-15(25,18-19-16)11(26-8)9(21)10(22)14(2,3)4/h6,8-9,11,21,25H,5H2,1-4H3,(H,17,23,24)/t8-,9?,11-,15+/m1/s1. The van der Waals surface area contributed by atoms with Gasteiger partial charge < -0.3 is 14.9 Å². The Labute approximate surface area is 147 Å². The predicted molar refractivity (Wildman–Crippen MR) is 89.2 cm³/mol. The minimum absolute atomic E-state index is 0.218. The van der Waals surface area contributed by atoms with Crippen molar-refractivity contribution < 1.29 is 19.7 Å². The lowest BCUT2D eigenvalue weighted by molar-refractivity contribution is -0.156. The molecule has 3 N–H and O–H groups in total. The van der Waals surface area contributed by atoms with Crippen LogP contribution in [0.15, 0.2) is 20.9 Å². The summed E-state index contributed by atoms with van der Waals surface area (Å²) in [5.74, 6) is -0.625. The average Bonchev–Trinajstić information content (AvgIpc) is 2.86. The molecular weight excluding hydrogens is 346 g/mol. The van der Waals surface area contributed by atoms with Gasteiger partial charge in [0, 0.05) is 28.5 Å². The third-order valence-corrected chi connectivity index (χ3v) is 4.20. The van der Waals surface area contributed by atoms with E-state index in [2.05, 4.69) is 15.0 Å². The largest absolute Gasteiger partial charge is 0.382 e. The van der Waals surface area contributed by atoms with Gasteiger partial charge >= 0.3 is 5.69 Å². The smallest absolute Gasteiger partial charge is 0.330 e. The number of aliphatic hydroxyl groups excluding tert-OH is 1. The fraction of sp³-hybridized carbons (Fsp3) is 0.667. The number of carbonyl (C=O) groups excluding carboxylic acids is 1. The van der Waals surface area contributed by atoms with Gasteiger partial charge in [-0.15, -0.1) is 0 Å². The van der Waals surface area contributed by atoms with Gasteiger partial charge in [0.1, 0.15) is 18.4 Å². The van der Waals surface area contributed by atoms with E-state index in [9.17, 15) is 24.6 Å². The van der Waals surface area contributed by atoms with Gasteiger partial charge in [-0.25, -0.2) is 4.79 Å². The Kier molecular flexibility index (Phi) is 5.11. The lowest BCUT2D eigenvalue weighted by Crippen LogP contribution is -2.50. The van der Waals surface area contributed by atoms with Crippen molar-refractivity contribution in [3.05, 3.63) is 43.0 Å². The first-order chi connectivity index (χ1) is 11.9. The van der Waals surface area contributed by atoms with E-state index >= 15 is 0 Å². The van der Waals surface area contributed by atoms with Crippen molar-refractivity contribution in [3.63, 3.8) is 0 Å². The molecule has 2 rings (SSSR count). The number of azide groups is 1. The van der Waals surface area contributed by atoms with Crippen molar-refractivity contribution in [2.75, 3.05) is 0 Å². The van der Waals surface area contributed by atoms with Gasteiger partial charge in [0.2, 0.25) is 0 Å². The van der Waals surface area contributed by atoms with Crippen LogP contribution in [0.3, 0.4) is 0 Å². The predicted octanol–water partition coefficient (Wildman–Crippen LogP) is 0.108. The number of nitrogens with one attached hydrogen (secondary N) is 1. The molecule has 142 valence electrons. The van der Waals surface area contributed by atoms with Crippen LogP contribution in [0, 0.1) is 12.3 Å². The molecule has 1 aromatic heterocycles. The molecule has 1 unspecified atom stereocenters. The number of ether oxygens (including phenoxy) is 1. The number of aliphatic hydroxyl groups is 2. The van der Waals surface area contributed by atoms with Gasteiger partial charge in [-0.3, -0.25) is 19.1 Å². The summed E-state index contributed by atoms with van der Waals surface area (Å²) in [6.07, 6.45) is -3.67. The van der Waals surface area contributed by atoms with Gasteiger partial charge in [-0.1, -0.05) is 25.9 Å². The zero-order valence-electron chi connectivity index (χ0n) is 14.8. The molecule has 1 fully saturated rings. The number of aryl methyl sites for hydroxylation is 1. The Morgan fingerprint density at radius 2 is 2.15 bits per heavy atom. The molecule has 0 saturated carbocycles. The number of aromatic nitrogens is 2. The van der Waals surface area contributed by atoms with E-state index in [1.54, 1.807) is 20.8 Å². The summed E-state index contributed by atoms with van der Waals surface area (Å²) in [4.78, 5) is 40.5. The number of rotatable bonds is 4. The third-order valence-electron chi connectivity index (χ3n) is 4.20. The van der Waals surface area contributed by atoms with Crippen molar-refractivity contribution in [2.24, 2.45) is 10.5 Å². The van der Waals surface area contributed by atoms with E-state index in [0.29, 0.717) is 0 Å². The molecule has 1 aliphatic rings. The molecule has 0 aromatic carbocycles. The second-order valence-corrected chi connectivity index (χ2v) is 7.32. The van der Waals surface area contributed by atoms with Crippen LogP contribution < -0.4 is 11.2 Å². The molecule has 0 bridgehead atoms. The van der Waals surface area contributed by atoms with E-state index in [0.717, 1.165) is 4.57 Å². The molecule has 1 aromatic rings. The van der Waals surface area contributed by atoms with E-state index in [1.165, 1.54) is 13.1 Å². The molecule has 2 heterocycles. The highest BCUT2D eigenvalue weighted by atomic mass is 16.6. The van der Waals surface area contributed by atoms with Gasteiger partial charge in [-0.05, 0) is 12.5 Å². The summed E-state index contributed by atoms with van der Waals surface area (Å²) in [5, 5.41) is 24.3. The highest BCUT2D eigenvalue weighted by Crippen LogP contribution is 2.40. The molecule has 11 heteroatoms. The molecule has 0 aliphatic carbocycles. The molecule has 26 heavy (non-hydrogen) atoms. The number of nitrogens with zero attached hydrogens (tertiary/aromatic N) is 4. The summed E-state index contributed by atoms with van der Waals surface area (Å²) < 4.78 is 6.53. The lowest BCUT2D eigenvalue weighted by atomic mass is 9.84. The minimum atomic E-state index is -2.25. The van der Waals surface area contributed by atoms with Crippen LogP contribution in [0.5, 0.6) is 0 Å². The lowest BCUT2D eigenvalue weighted by Gasteiger charge is -2.30. The van der Waals surface area contributed by atoms with Crippen LogP contribution in [0.4, 0.5) is 0 Å². The molecule has 0 radical (unpaired) electrons. The maximum atomic E-state index is 12.4. The van der Waals surface area contributed by atoms with Crippen LogP contribution in [-0.4, -0.2) is 43.5 Å². The van der Waals surface area contributed by atoms with Crippen molar-refractivity contribution in [1.29, 1.82) is 0 Å². The molecule has 11 nitrogen and oxygen atoms in total. The Hall–Kier alpha value is -2.46. The number of Topliss-reactive ketones (excluding diaryl/α,β-unsaturated/α-hetero) is 1. The van der Waals surface area contributed by atoms with Crippen molar-refractivity contribution >= 4 is 5.78 Å². The summed E-state index contributed by atoms with van der Waals surface area (Å²) in [5.41, 5.74) is 4.40. The van der Waals surface area contributed by atoms with Gasteiger partial charge in [-0.2, -0.15) is 0 Å². The normalized spacial score (nSPS) is 27.0. The molecular formula is C15H21N5O6. The van der Waals surface area contributed by atoms with Crippen molar-refractivity contribution in [1.82, 2.24) is 9.55 Å². The number of carbonyl (C=O) groups is 1. The number of ketones is 1. The zero-order valence-corrected chi connectivity index (χ0v) is 14.8. The number of H-pyrrole nitrogens is 1. The Morgan fingerprint density at radius 3 is 2.69 bits per heavy atom. The second-order valence-electron chi connectivity index (χ2n) is 7.32. The maximum Gasteiger partial charge on any atom is 0.330 e. The first kappa shape index (κ1) is 19.9. The van der Waals surface area contributed by atoms with Crippen LogP contribution in [0.2, 0.25) is 0 Å². The third kappa shape index (κ3) is 3.56. The fourth-order valence-corrected chi connectivity index (χ4v) is 2.75. The van der Waals surface area contributed by atoms with E-state index in [-0.39, 0.29) is 12.0 Å². The zero-order chi connectivity index (χ0) is 19.9. The quantitative estimate of drug-likeness (QED) is 0.387. The Balaban J connectivity index is 2.46. The molecule has 0 spiro atoms. The highest BCUT2D eigenvalue weighted by molar-refractivity contribution is 5.88. The molecule has 4 atom stereocenters. The Morgan fingerprint density at radius 1 is 1.54 bits per heavy atom. The summed E-state index contributed by atoms with van der Waals surface area (Å²) in [6.45, 7) is 6.20. The van der Waals surface area contributed by atoms with E-state index in [1.807, 2.05) is 0 Å².